The molecule has 0 aromatic heterocycles. The summed E-state index contributed by atoms with van der Waals surface area (Å²) >= 11 is 0. The third kappa shape index (κ3) is 63.0. The molecular formula is C71H122O6. The molecule has 0 aliphatic heterocycles. The van der Waals surface area contributed by atoms with Crippen LogP contribution in [0.4, 0.5) is 0 Å². The minimum Gasteiger partial charge on any atom is -0.462 e. The van der Waals surface area contributed by atoms with Crippen LogP contribution in [0.5, 0.6) is 0 Å². The van der Waals surface area contributed by atoms with Crippen molar-refractivity contribution >= 4 is 17.9 Å². The maximum atomic E-state index is 12.8. The Bertz CT molecular complexity index is 1510. The van der Waals surface area contributed by atoms with Gasteiger partial charge in [-0.3, -0.25) is 14.4 Å². The molecule has 6 heteroatoms. The Kier molecular flexibility index (Phi) is 61.8. The van der Waals surface area contributed by atoms with E-state index in [0.29, 0.717) is 19.3 Å². The van der Waals surface area contributed by atoms with Crippen LogP contribution < -0.4 is 0 Å². The van der Waals surface area contributed by atoms with Crippen LogP contribution in [-0.4, -0.2) is 37.2 Å². The first-order valence-corrected chi connectivity index (χ1v) is 32.7. The Hall–Kier alpha value is -3.67. The summed E-state index contributed by atoms with van der Waals surface area (Å²) in [6, 6.07) is 0. The molecule has 0 saturated carbocycles. The van der Waals surface area contributed by atoms with E-state index in [0.717, 1.165) is 103 Å². The van der Waals surface area contributed by atoms with E-state index in [1.54, 1.807) is 0 Å². The fraction of sp³-hybridized carbons (Fsp3) is 0.732. The van der Waals surface area contributed by atoms with Crippen molar-refractivity contribution in [2.75, 3.05) is 13.2 Å². The molecule has 0 spiro atoms. The van der Waals surface area contributed by atoms with Gasteiger partial charge in [0, 0.05) is 19.3 Å². The third-order valence-electron chi connectivity index (χ3n) is 14.1. The first-order valence-electron chi connectivity index (χ1n) is 32.7. The van der Waals surface area contributed by atoms with Crippen molar-refractivity contribution in [3.05, 3.63) is 97.2 Å². The summed E-state index contributed by atoms with van der Waals surface area (Å²) in [6.45, 7) is 6.50. The average Bonchev–Trinajstić information content (AvgIpc) is 3.43. The van der Waals surface area contributed by atoms with Crippen molar-refractivity contribution in [2.45, 2.75) is 322 Å². The van der Waals surface area contributed by atoms with Crippen LogP contribution in [0.3, 0.4) is 0 Å². The summed E-state index contributed by atoms with van der Waals surface area (Å²) < 4.78 is 16.8. The maximum absolute atomic E-state index is 12.8. The van der Waals surface area contributed by atoms with E-state index in [4.69, 9.17) is 14.2 Å². The van der Waals surface area contributed by atoms with Gasteiger partial charge in [-0.05, 0) is 103 Å². The van der Waals surface area contributed by atoms with Crippen LogP contribution in [0.2, 0.25) is 0 Å². The van der Waals surface area contributed by atoms with Gasteiger partial charge in [0.05, 0.1) is 0 Å². The molecule has 0 saturated heterocycles. The third-order valence-corrected chi connectivity index (χ3v) is 14.1. The lowest BCUT2D eigenvalue weighted by Gasteiger charge is -2.18. The number of unbranched alkanes of at least 4 members (excludes halogenated alkanes) is 32. The van der Waals surface area contributed by atoms with Crippen LogP contribution in [0, 0.1) is 0 Å². The van der Waals surface area contributed by atoms with Crippen molar-refractivity contribution in [3.63, 3.8) is 0 Å². The number of carbonyl (C=O) groups excluding carboxylic acids is 3. The van der Waals surface area contributed by atoms with Crippen LogP contribution in [0.1, 0.15) is 316 Å². The van der Waals surface area contributed by atoms with Gasteiger partial charge < -0.3 is 14.2 Å². The predicted molar refractivity (Wildman–Crippen MR) is 334 cm³/mol. The van der Waals surface area contributed by atoms with Gasteiger partial charge in [0.2, 0.25) is 0 Å². The molecule has 1 unspecified atom stereocenters. The zero-order valence-corrected chi connectivity index (χ0v) is 50.7. The lowest BCUT2D eigenvalue weighted by molar-refractivity contribution is -0.167. The maximum Gasteiger partial charge on any atom is 0.306 e. The largest absolute Gasteiger partial charge is 0.462 e. The monoisotopic (exact) mass is 1070 g/mol. The minimum atomic E-state index is -0.776. The molecular weight excluding hydrogens is 949 g/mol. The van der Waals surface area contributed by atoms with Gasteiger partial charge in [0.1, 0.15) is 13.2 Å². The summed E-state index contributed by atoms with van der Waals surface area (Å²) in [5.41, 5.74) is 0. The Morgan fingerprint density at radius 2 is 0.506 bits per heavy atom. The zero-order valence-electron chi connectivity index (χ0n) is 50.7. The molecule has 0 radical (unpaired) electrons. The molecule has 0 aliphatic rings. The quantitative estimate of drug-likeness (QED) is 0.0261. The molecule has 0 bridgehead atoms. The van der Waals surface area contributed by atoms with Gasteiger partial charge >= 0.3 is 17.9 Å². The highest BCUT2D eigenvalue weighted by atomic mass is 16.6. The molecule has 0 aliphatic carbocycles. The molecule has 77 heavy (non-hydrogen) atoms. The normalized spacial score (nSPS) is 12.7. The van der Waals surface area contributed by atoms with Gasteiger partial charge in [-0.1, -0.05) is 291 Å². The zero-order chi connectivity index (χ0) is 55.7. The highest BCUT2D eigenvalue weighted by Gasteiger charge is 2.19. The SMILES string of the molecule is CC/C=C\C/C=C\C/C=C\C/C=C\C/C=C\C/C=C\C/C=C\CCCCCCCCCCCCCCCC(=O)OCC(COC(=O)CCCCCCCCC)OC(=O)CCCCCCCCC/C=C\CCCCCCCC. The Morgan fingerprint density at radius 3 is 0.805 bits per heavy atom. The van der Waals surface area contributed by atoms with E-state index in [1.165, 1.54) is 173 Å². The van der Waals surface area contributed by atoms with Crippen LogP contribution in [-0.2, 0) is 28.6 Å². The molecule has 0 aromatic rings. The van der Waals surface area contributed by atoms with Gasteiger partial charge in [-0.25, -0.2) is 0 Å². The highest BCUT2D eigenvalue weighted by Crippen LogP contribution is 2.16. The summed E-state index contributed by atoms with van der Waals surface area (Å²) in [4.78, 5) is 38.0. The fourth-order valence-electron chi connectivity index (χ4n) is 9.18. The number of rotatable bonds is 59. The van der Waals surface area contributed by atoms with E-state index in [2.05, 4.69) is 118 Å². The van der Waals surface area contributed by atoms with Crippen LogP contribution >= 0.6 is 0 Å². The Morgan fingerprint density at radius 1 is 0.273 bits per heavy atom. The average molecular weight is 1070 g/mol. The second kappa shape index (κ2) is 64.9. The molecule has 6 nitrogen and oxygen atoms in total. The molecule has 0 rings (SSSR count). The topological polar surface area (TPSA) is 78.9 Å². The first-order chi connectivity index (χ1) is 38.0. The van der Waals surface area contributed by atoms with Gasteiger partial charge in [0.25, 0.3) is 0 Å². The number of carbonyl (C=O) groups is 3. The smallest absolute Gasteiger partial charge is 0.306 e. The highest BCUT2D eigenvalue weighted by molar-refractivity contribution is 5.71. The van der Waals surface area contributed by atoms with Gasteiger partial charge in [-0.2, -0.15) is 0 Å². The van der Waals surface area contributed by atoms with Gasteiger partial charge in [0.15, 0.2) is 6.10 Å². The van der Waals surface area contributed by atoms with Crippen LogP contribution in [0.15, 0.2) is 97.2 Å². The second-order valence-corrected chi connectivity index (χ2v) is 21.6. The summed E-state index contributed by atoms with van der Waals surface area (Å²) in [5, 5.41) is 0. The van der Waals surface area contributed by atoms with E-state index in [-0.39, 0.29) is 31.1 Å². The Labute approximate surface area is 477 Å². The number of allylic oxidation sites excluding steroid dienone is 16. The van der Waals surface area contributed by atoms with E-state index < -0.39 is 6.10 Å². The van der Waals surface area contributed by atoms with Crippen molar-refractivity contribution in [1.82, 2.24) is 0 Å². The summed E-state index contributed by atoms with van der Waals surface area (Å²) in [5.74, 6) is -0.878. The summed E-state index contributed by atoms with van der Waals surface area (Å²) in [6.07, 6.45) is 87.3. The number of ether oxygens (including phenoxy) is 3. The first kappa shape index (κ1) is 73.3. The van der Waals surface area contributed by atoms with Crippen molar-refractivity contribution in [1.29, 1.82) is 0 Å². The second-order valence-electron chi connectivity index (χ2n) is 21.6. The van der Waals surface area contributed by atoms with Crippen LogP contribution in [0.25, 0.3) is 0 Å². The molecule has 0 N–H and O–H groups in total. The minimum absolute atomic E-state index is 0.0757. The molecule has 0 amide bonds. The van der Waals surface area contributed by atoms with Crippen molar-refractivity contribution < 1.29 is 28.6 Å². The molecule has 1 atom stereocenters. The predicted octanol–water partition coefficient (Wildman–Crippen LogP) is 22.4. The molecule has 0 fully saturated rings. The van der Waals surface area contributed by atoms with E-state index in [1.807, 2.05) is 0 Å². The number of esters is 3. The molecule has 0 heterocycles. The van der Waals surface area contributed by atoms with E-state index >= 15 is 0 Å². The standard InChI is InChI=1S/C71H122O6/c1-4-7-10-13-16-18-20-22-24-26-27-28-29-30-31-32-33-34-35-36-37-38-39-40-41-42-43-45-46-48-50-52-55-58-61-64-70(73)76-67-68(66-75-69(72)63-60-57-54-15-12-9-6-3)77-71(74)65-62-59-56-53-51-49-47-44-25-23-21-19-17-14-11-8-5-2/h7,10,16,18,22-25,27-28,30-31,33-34,36-37,68H,4-6,8-9,11-15,17,19-21,26,29,32,35,38-67H2,1-3H3/b10-7-,18-16-,24-22-,25-23-,28-27-,31-30-,34-33-,37-36-. The number of hydrogen-bond acceptors (Lipinski definition) is 6. The van der Waals surface area contributed by atoms with Gasteiger partial charge in [-0.15, -0.1) is 0 Å². The Balaban J connectivity index is 4.05. The summed E-state index contributed by atoms with van der Waals surface area (Å²) in [7, 11) is 0. The fourth-order valence-corrected chi connectivity index (χ4v) is 9.18. The lowest BCUT2D eigenvalue weighted by atomic mass is 10.0. The van der Waals surface area contributed by atoms with Crippen molar-refractivity contribution in [2.24, 2.45) is 0 Å². The lowest BCUT2D eigenvalue weighted by Crippen LogP contribution is -2.30. The van der Waals surface area contributed by atoms with Crippen molar-refractivity contribution in [3.8, 4) is 0 Å². The van der Waals surface area contributed by atoms with E-state index in [9.17, 15) is 14.4 Å². The number of hydrogen-bond donors (Lipinski definition) is 0. The molecule has 442 valence electrons. The molecule has 0 aromatic carbocycles.